The molecule has 0 aliphatic rings. The molecule has 2 rings (SSSR count). The molecule has 5 N–H and O–H groups in total. The number of rotatable bonds is 6. The van der Waals surface area contributed by atoms with Gasteiger partial charge in [0.25, 0.3) is 0 Å². The van der Waals surface area contributed by atoms with Gasteiger partial charge in [-0.2, -0.15) is 0 Å². The summed E-state index contributed by atoms with van der Waals surface area (Å²) in [7, 11) is 0. The Balaban J connectivity index is 2.31. The molecule has 0 saturated heterocycles. The predicted octanol–water partition coefficient (Wildman–Crippen LogP) is 2.08. The number of hydrazine groups is 1. The largest absolute Gasteiger partial charge is 0.504 e. The quantitative estimate of drug-likeness (QED) is 0.270. The third kappa shape index (κ3) is 4.01. The number of hydrogen-bond donors (Lipinski definition) is 4. The molecule has 0 aliphatic heterocycles. The van der Waals surface area contributed by atoms with Gasteiger partial charge in [-0.15, -0.1) is 0 Å². The van der Waals surface area contributed by atoms with Crippen LogP contribution in [0.15, 0.2) is 36.4 Å². The van der Waals surface area contributed by atoms with E-state index in [2.05, 4.69) is 5.43 Å². The number of nitrogens with two attached hydrogens (primary N) is 1. The molecule has 1 atom stereocenters. The van der Waals surface area contributed by atoms with Crippen molar-refractivity contribution in [2.45, 2.75) is 32.7 Å². The fourth-order valence-electron chi connectivity index (χ4n) is 2.63. The number of carboxylic acids is 1. The van der Waals surface area contributed by atoms with Crippen LogP contribution in [0.2, 0.25) is 0 Å². The lowest BCUT2D eigenvalue weighted by atomic mass is 9.93. The normalized spacial score (nSPS) is 13.1. The van der Waals surface area contributed by atoms with E-state index in [1.807, 2.05) is 6.07 Å². The molecular weight excluding hydrogens is 336 g/mol. The maximum atomic E-state index is 12.5. The predicted molar refractivity (Wildman–Crippen MR) is 96.0 cm³/mol. The molecule has 26 heavy (non-hydrogen) atoms. The summed E-state index contributed by atoms with van der Waals surface area (Å²) < 4.78 is 5.35. The summed E-state index contributed by atoms with van der Waals surface area (Å²) in [4.78, 5) is 23.9. The first kappa shape index (κ1) is 19.4. The van der Waals surface area contributed by atoms with E-state index in [1.165, 1.54) is 19.1 Å². The second-order valence-corrected chi connectivity index (χ2v) is 6.42. The molecule has 0 aromatic heterocycles. The van der Waals surface area contributed by atoms with E-state index in [-0.39, 0.29) is 17.9 Å². The Hall–Kier alpha value is -2.90. The van der Waals surface area contributed by atoms with E-state index < -0.39 is 17.5 Å². The van der Waals surface area contributed by atoms with Gasteiger partial charge in [-0.25, -0.2) is 10.2 Å². The first-order chi connectivity index (χ1) is 12.2. The van der Waals surface area contributed by atoms with Crippen LogP contribution in [0.1, 0.15) is 34.0 Å². The van der Waals surface area contributed by atoms with Gasteiger partial charge >= 0.3 is 11.9 Å². The fraction of sp³-hybridized carbons (Fsp3) is 0.263. The van der Waals surface area contributed by atoms with Gasteiger partial charge < -0.3 is 14.9 Å². The molecule has 0 amide bonds. The number of hydrogen-bond acceptors (Lipinski definition) is 6. The number of ether oxygens (including phenoxy) is 1. The van der Waals surface area contributed by atoms with Crippen molar-refractivity contribution in [2.24, 2.45) is 5.84 Å². The maximum Gasteiger partial charge on any atom is 0.344 e. The number of aromatic hydroxyl groups is 1. The van der Waals surface area contributed by atoms with Crippen molar-refractivity contribution >= 4 is 11.9 Å². The standard InChI is InChI=1S/C19H22N2O5/c1-11-5-4-6-12(2)16(11)17(23)26-15-9-13(7-8-14(15)22)10-19(3,21-20)18(24)25/h4-9,21-22H,10,20H2,1-3H3,(H,24,25). The lowest BCUT2D eigenvalue weighted by Crippen LogP contribution is -2.54. The minimum absolute atomic E-state index is 0.0348. The highest BCUT2D eigenvalue weighted by Crippen LogP contribution is 2.30. The van der Waals surface area contributed by atoms with Crippen LogP contribution in [0.4, 0.5) is 0 Å². The average Bonchev–Trinajstić information content (AvgIpc) is 2.57. The summed E-state index contributed by atoms with van der Waals surface area (Å²) in [5.41, 5.74) is 3.36. The molecule has 2 aromatic rings. The number of esters is 1. The number of carboxylic acid groups (broad SMARTS) is 1. The number of benzene rings is 2. The summed E-state index contributed by atoms with van der Waals surface area (Å²) in [6.45, 7) is 5.03. The highest BCUT2D eigenvalue weighted by molar-refractivity contribution is 5.94. The van der Waals surface area contributed by atoms with Gasteiger partial charge in [-0.1, -0.05) is 24.3 Å². The van der Waals surface area contributed by atoms with E-state index in [4.69, 9.17) is 10.6 Å². The second-order valence-electron chi connectivity index (χ2n) is 6.42. The van der Waals surface area contributed by atoms with E-state index in [9.17, 15) is 19.8 Å². The molecule has 7 nitrogen and oxygen atoms in total. The number of carbonyl (C=O) groups is 2. The van der Waals surface area contributed by atoms with Gasteiger partial charge in [0.05, 0.1) is 5.56 Å². The zero-order valence-electron chi connectivity index (χ0n) is 14.9. The minimum atomic E-state index is -1.40. The number of carbonyl (C=O) groups excluding carboxylic acids is 1. The van der Waals surface area contributed by atoms with E-state index >= 15 is 0 Å². The van der Waals surface area contributed by atoms with Gasteiger partial charge in [-0.05, 0) is 49.6 Å². The Kier molecular flexibility index (Phi) is 5.64. The summed E-state index contributed by atoms with van der Waals surface area (Å²) in [5.74, 6) is 3.38. The van der Waals surface area contributed by atoms with Gasteiger partial charge in [0.15, 0.2) is 11.5 Å². The number of aryl methyl sites for hydroxylation is 2. The lowest BCUT2D eigenvalue weighted by molar-refractivity contribution is -0.144. The van der Waals surface area contributed by atoms with Crippen molar-refractivity contribution in [3.8, 4) is 11.5 Å². The molecule has 7 heteroatoms. The second kappa shape index (κ2) is 7.55. The van der Waals surface area contributed by atoms with Crippen LogP contribution < -0.4 is 16.0 Å². The summed E-state index contributed by atoms with van der Waals surface area (Å²) in [6.07, 6.45) is 0.0348. The zero-order valence-corrected chi connectivity index (χ0v) is 14.9. The summed E-state index contributed by atoms with van der Waals surface area (Å²) in [5, 5.41) is 19.3. The van der Waals surface area contributed by atoms with E-state index in [1.54, 1.807) is 32.0 Å². The summed E-state index contributed by atoms with van der Waals surface area (Å²) in [6, 6.07) is 9.76. The van der Waals surface area contributed by atoms with Crippen LogP contribution in [0.5, 0.6) is 11.5 Å². The van der Waals surface area contributed by atoms with Gasteiger partial charge in [0.1, 0.15) is 5.54 Å². The highest BCUT2D eigenvalue weighted by atomic mass is 16.5. The fourth-order valence-corrected chi connectivity index (χ4v) is 2.63. The van der Waals surface area contributed by atoms with Crippen LogP contribution in [-0.2, 0) is 11.2 Å². The van der Waals surface area contributed by atoms with E-state index in [0.29, 0.717) is 11.1 Å². The average molecular weight is 358 g/mol. The molecular formula is C19H22N2O5. The lowest BCUT2D eigenvalue weighted by Gasteiger charge is -2.24. The minimum Gasteiger partial charge on any atom is -0.504 e. The van der Waals surface area contributed by atoms with Gasteiger partial charge in [0, 0.05) is 6.42 Å². The van der Waals surface area contributed by atoms with Crippen molar-refractivity contribution in [1.29, 1.82) is 0 Å². The molecule has 0 fully saturated rings. The van der Waals surface area contributed by atoms with Crippen molar-refractivity contribution in [2.75, 3.05) is 0 Å². The van der Waals surface area contributed by atoms with Crippen molar-refractivity contribution in [1.82, 2.24) is 5.43 Å². The smallest absolute Gasteiger partial charge is 0.344 e. The van der Waals surface area contributed by atoms with Gasteiger partial charge in [0.2, 0.25) is 0 Å². The van der Waals surface area contributed by atoms with Crippen molar-refractivity contribution in [3.05, 3.63) is 58.7 Å². The van der Waals surface area contributed by atoms with Crippen LogP contribution in [-0.4, -0.2) is 27.7 Å². The SMILES string of the molecule is Cc1cccc(C)c1C(=O)Oc1cc(CC(C)(NN)C(=O)O)ccc1O. The van der Waals surface area contributed by atoms with Crippen molar-refractivity contribution < 1.29 is 24.5 Å². The molecule has 0 aliphatic carbocycles. The monoisotopic (exact) mass is 358 g/mol. The summed E-state index contributed by atoms with van der Waals surface area (Å²) >= 11 is 0. The number of aliphatic carboxylic acids is 1. The number of nitrogens with one attached hydrogen (secondary N) is 1. The van der Waals surface area contributed by atoms with Crippen LogP contribution in [0.25, 0.3) is 0 Å². The molecule has 2 aromatic carbocycles. The van der Waals surface area contributed by atoms with Crippen LogP contribution in [0, 0.1) is 13.8 Å². The molecule has 1 unspecified atom stereocenters. The Bertz CT molecular complexity index is 830. The maximum absolute atomic E-state index is 12.5. The molecule has 0 spiro atoms. The Labute approximate surface area is 151 Å². The molecule has 0 radical (unpaired) electrons. The Morgan fingerprint density at radius 3 is 2.35 bits per heavy atom. The van der Waals surface area contributed by atoms with Crippen LogP contribution in [0.3, 0.4) is 0 Å². The Morgan fingerprint density at radius 1 is 1.19 bits per heavy atom. The van der Waals surface area contributed by atoms with E-state index in [0.717, 1.165) is 11.1 Å². The Morgan fingerprint density at radius 2 is 1.81 bits per heavy atom. The third-order valence-corrected chi connectivity index (χ3v) is 4.26. The highest BCUT2D eigenvalue weighted by Gasteiger charge is 2.32. The number of phenolic OH excluding ortho intramolecular Hbond substituents is 1. The number of phenols is 1. The third-order valence-electron chi connectivity index (χ3n) is 4.26. The zero-order chi connectivity index (χ0) is 19.5. The first-order valence-corrected chi connectivity index (χ1v) is 7.99. The molecule has 0 heterocycles. The molecule has 0 saturated carbocycles. The van der Waals surface area contributed by atoms with Crippen molar-refractivity contribution in [3.63, 3.8) is 0 Å². The van der Waals surface area contributed by atoms with Crippen LogP contribution >= 0.6 is 0 Å². The van der Waals surface area contributed by atoms with Gasteiger partial charge in [-0.3, -0.25) is 10.6 Å². The first-order valence-electron chi connectivity index (χ1n) is 7.99. The molecule has 138 valence electrons. The topological polar surface area (TPSA) is 122 Å². The molecule has 0 bridgehead atoms.